The fourth-order valence-corrected chi connectivity index (χ4v) is 2.59. The quantitative estimate of drug-likeness (QED) is 0.855. The van der Waals surface area contributed by atoms with Crippen LogP contribution >= 0.6 is 0 Å². The van der Waals surface area contributed by atoms with Crippen molar-refractivity contribution in [2.75, 3.05) is 30.4 Å². The van der Waals surface area contributed by atoms with Crippen molar-refractivity contribution in [2.24, 2.45) is 0 Å². The Bertz CT molecular complexity index is 530. The van der Waals surface area contributed by atoms with Crippen LogP contribution in [0, 0.1) is 0 Å². The van der Waals surface area contributed by atoms with E-state index in [2.05, 4.69) is 39.5 Å². The van der Waals surface area contributed by atoms with E-state index in [0.29, 0.717) is 0 Å². The molecule has 0 spiro atoms. The molecule has 0 saturated carbocycles. The van der Waals surface area contributed by atoms with E-state index < -0.39 is 0 Å². The van der Waals surface area contributed by atoms with Crippen LogP contribution in [-0.4, -0.2) is 25.1 Å². The highest BCUT2D eigenvalue weighted by Crippen LogP contribution is 2.30. The summed E-state index contributed by atoms with van der Waals surface area (Å²) in [6, 6.07) is 8.45. The van der Waals surface area contributed by atoms with Gasteiger partial charge in [0.2, 0.25) is 0 Å². The Hall–Kier alpha value is -1.77. The molecule has 0 aliphatic carbocycles. The highest BCUT2D eigenvalue weighted by molar-refractivity contribution is 6.00. The number of rotatable bonds is 2. The van der Waals surface area contributed by atoms with Gasteiger partial charge < -0.3 is 10.2 Å². The van der Waals surface area contributed by atoms with Crippen molar-refractivity contribution in [2.45, 2.75) is 12.8 Å². The van der Waals surface area contributed by atoms with E-state index in [1.807, 2.05) is 13.2 Å². The Morgan fingerprint density at radius 2 is 1.94 bits per heavy atom. The largest absolute Gasteiger partial charge is 0.388 e. The molecule has 0 unspecified atom stereocenters. The van der Waals surface area contributed by atoms with Crippen molar-refractivity contribution in [1.82, 2.24) is 4.98 Å². The van der Waals surface area contributed by atoms with Crippen molar-refractivity contribution in [1.29, 1.82) is 0 Å². The SMILES string of the molecule is CNc1cccc2c(N3CCCC3)nccc12. The maximum absolute atomic E-state index is 4.56. The molecule has 1 fully saturated rings. The zero-order valence-electron chi connectivity index (χ0n) is 10.1. The van der Waals surface area contributed by atoms with Gasteiger partial charge in [0.1, 0.15) is 5.82 Å². The van der Waals surface area contributed by atoms with Crippen LogP contribution in [0.2, 0.25) is 0 Å². The number of nitrogens with zero attached hydrogens (tertiary/aromatic N) is 2. The van der Waals surface area contributed by atoms with Gasteiger partial charge in [-0.2, -0.15) is 0 Å². The molecule has 1 aliphatic rings. The van der Waals surface area contributed by atoms with Crippen LogP contribution in [-0.2, 0) is 0 Å². The minimum atomic E-state index is 1.13. The number of pyridine rings is 1. The Morgan fingerprint density at radius 3 is 2.71 bits per heavy atom. The van der Waals surface area contributed by atoms with Gasteiger partial charge in [-0.3, -0.25) is 0 Å². The average Bonchev–Trinajstić information content (AvgIpc) is 2.91. The molecule has 2 aromatic rings. The second-order valence-electron chi connectivity index (χ2n) is 4.48. The molecular formula is C14H17N3. The van der Waals surface area contributed by atoms with Gasteiger partial charge in [0, 0.05) is 42.8 Å². The summed E-state index contributed by atoms with van der Waals surface area (Å²) in [6.07, 6.45) is 4.48. The molecular weight excluding hydrogens is 210 g/mol. The maximum atomic E-state index is 4.56. The van der Waals surface area contributed by atoms with Gasteiger partial charge in [0.15, 0.2) is 0 Å². The van der Waals surface area contributed by atoms with Crippen LogP contribution in [0.15, 0.2) is 30.5 Å². The number of hydrogen-bond donors (Lipinski definition) is 1. The summed E-state index contributed by atoms with van der Waals surface area (Å²) in [4.78, 5) is 6.95. The first kappa shape index (κ1) is 10.4. The van der Waals surface area contributed by atoms with Crippen LogP contribution in [0.5, 0.6) is 0 Å². The first-order valence-electron chi connectivity index (χ1n) is 6.20. The van der Waals surface area contributed by atoms with Crippen molar-refractivity contribution in [3.8, 4) is 0 Å². The van der Waals surface area contributed by atoms with Crippen LogP contribution in [0.1, 0.15) is 12.8 Å². The molecule has 0 amide bonds. The van der Waals surface area contributed by atoms with Gasteiger partial charge in [-0.15, -0.1) is 0 Å². The minimum absolute atomic E-state index is 1.13. The van der Waals surface area contributed by atoms with Gasteiger partial charge >= 0.3 is 0 Å². The second kappa shape index (κ2) is 4.24. The molecule has 1 aromatic heterocycles. The monoisotopic (exact) mass is 227 g/mol. The molecule has 1 aromatic carbocycles. The van der Waals surface area contributed by atoms with Crippen LogP contribution < -0.4 is 10.2 Å². The third-order valence-corrected chi connectivity index (χ3v) is 3.46. The van der Waals surface area contributed by atoms with Crippen LogP contribution in [0.4, 0.5) is 11.5 Å². The number of hydrogen-bond acceptors (Lipinski definition) is 3. The normalized spacial score (nSPS) is 15.5. The van der Waals surface area contributed by atoms with E-state index >= 15 is 0 Å². The predicted octanol–water partition coefficient (Wildman–Crippen LogP) is 2.88. The molecule has 1 N–H and O–H groups in total. The topological polar surface area (TPSA) is 28.2 Å². The highest BCUT2D eigenvalue weighted by atomic mass is 15.2. The standard InChI is InChI=1S/C14H17N3/c1-15-13-6-4-5-12-11(13)7-8-16-14(12)17-9-2-3-10-17/h4-8,15H,2-3,9-10H2,1H3. The van der Waals surface area contributed by atoms with Crippen LogP contribution in [0.25, 0.3) is 10.8 Å². The minimum Gasteiger partial charge on any atom is -0.388 e. The number of anilines is 2. The first-order chi connectivity index (χ1) is 8.40. The molecule has 3 heteroatoms. The molecule has 3 nitrogen and oxygen atoms in total. The van der Waals surface area contributed by atoms with Gasteiger partial charge in [0.25, 0.3) is 0 Å². The Morgan fingerprint density at radius 1 is 1.12 bits per heavy atom. The summed E-state index contributed by atoms with van der Waals surface area (Å²) < 4.78 is 0. The maximum Gasteiger partial charge on any atom is 0.136 e. The summed E-state index contributed by atoms with van der Waals surface area (Å²) in [7, 11) is 1.96. The van der Waals surface area contributed by atoms with E-state index in [1.165, 1.54) is 29.3 Å². The summed E-state index contributed by atoms with van der Waals surface area (Å²) in [6.45, 7) is 2.27. The molecule has 17 heavy (non-hydrogen) atoms. The second-order valence-corrected chi connectivity index (χ2v) is 4.48. The Balaban J connectivity index is 2.18. The third-order valence-electron chi connectivity index (χ3n) is 3.46. The fourth-order valence-electron chi connectivity index (χ4n) is 2.59. The molecule has 0 radical (unpaired) electrons. The summed E-state index contributed by atoms with van der Waals surface area (Å²) in [5.74, 6) is 1.14. The first-order valence-corrected chi connectivity index (χ1v) is 6.20. The molecule has 88 valence electrons. The number of fused-ring (bicyclic) bond motifs is 1. The lowest BCUT2D eigenvalue weighted by atomic mass is 10.1. The van der Waals surface area contributed by atoms with Crippen molar-refractivity contribution in [3.05, 3.63) is 30.5 Å². The average molecular weight is 227 g/mol. The van der Waals surface area contributed by atoms with Gasteiger partial charge in [0.05, 0.1) is 0 Å². The number of benzene rings is 1. The van der Waals surface area contributed by atoms with Gasteiger partial charge in [-0.25, -0.2) is 4.98 Å². The molecule has 1 saturated heterocycles. The van der Waals surface area contributed by atoms with Crippen molar-refractivity contribution >= 4 is 22.3 Å². The van der Waals surface area contributed by atoms with E-state index in [4.69, 9.17) is 0 Å². The number of nitrogens with one attached hydrogen (secondary N) is 1. The summed E-state index contributed by atoms with van der Waals surface area (Å²) >= 11 is 0. The molecule has 0 atom stereocenters. The fraction of sp³-hybridized carbons (Fsp3) is 0.357. The van der Waals surface area contributed by atoms with E-state index in [0.717, 1.165) is 18.9 Å². The smallest absolute Gasteiger partial charge is 0.136 e. The summed E-state index contributed by atoms with van der Waals surface area (Å²) in [5.41, 5.74) is 1.17. The lowest BCUT2D eigenvalue weighted by Crippen LogP contribution is -2.19. The number of aromatic nitrogens is 1. The zero-order chi connectivity index (χ0) is 11.7. The lowest BCUT2D eigenvalue weighted by molar-refractivity contribution is 0.946. The Kier molecular flexibility index (Phi) is 2.59. The zero-order valence-corrected chi connectivity index (χ0v) is 10.1. The van der Waals surface area contributed by atoms with Crippen molar-refractivity contribution < 1.29 is 0 Å². The highest BCUT2D eigenvalue weighted by Gasteiger charge is 2.16. The van der Waals surface area contributed by atoms with Gasteiger partial charge in [-0.05, 0) is 25.0 Å². The van der Waals surface area contributed by atoms with E-state index in [9.17, 15) is 0 Å². The Labute approximate surface area is 101 Å². The van der Waals surface area contributed by atoms with E-state index in [1.54, 1.807) is 0 Å². The molecule has 2 heterocycles. The van der Waals surface area contributed by atoms with Crippen LogP contribution in [0.3, 0.4) is 0 Å². The molecule has 1 aliphatic heterocycles. The summed E-state index contributed by atoms with van der Waals surface area (Å²) in [5, 5.41) is 5.75. The molecule has 0 bridgehead atoms. The lowest BCUT2D eigenvalue weighted by Gasteiger charge is -2.19. The predicted molar refractivity (Wildman–Crippen MR) is 72.7 cm³/mol. The van der Waals surface area contributed by atoms with E-state index in [-0.39, 0.29) is 0 Å². The van der Waals surface area contributed by atoms with Gasteiger partial charge in [-0.1, -0.05) is 12.1 Å². The molecule has 3 rings (SSSR count). The van der Waals surface area contributed by atoms with Crippen molar-refractivity contribution in [3.63, 3.8) is 0 Å². The third kappa shape index (κ3) is 1.71.